The zero-order valence-electron chi connectivity index (χ0n) is 8.65. The van der Waals surface area contributed by atoms with Crippen LogP contribution in [0.5, 0.6) is 0 Å². The van der Waals surface area contributed by atoms with Gasteiger partial charge in [-0.1, -0.05) is 6.92 Å². The van der Waals surface area contributed by atoms with Gasteiger partial charge in [-0.05, 0) is 27.2 Å². The van der Waals surface area contributed by atoms with Gasteiger partial charge in [-0.2, -0.15) is 5.10 Å². The van der Waals surface area contributed by atoms with Gasteiger partial charge in [-0.25, -0.2) is 9.67 Å². The van der Waals surface area contributed by atoms with E-state index in [1.54, 1.807) is 11.6 Å². The van der Waals surface area contributed by atoms with E-state index in [0.29, 0.717) is 12.2 Å². The Kier molecular flexibility index (Phi) is 2.71. The van der Waals surface area contributed by atoms with Gasteiger partial charge in [0, 0.05) is 6.04 Å². The second kappa shape index (κ2) is 3.46. The molecule has 1 N–H and O–H groups in total. The monoisotopic (exact) mass is 183 g/mol. The molecule has 0 fully saturated rings. The fourth-order valence-corrected chi connectivity index (χ4v) is 1.17. The van der Waals surface area contributed by atoms with Gasteiger partial charge in [0.1, 0.15) is 11.9 Å². The Hall–Kier alpha value is -0.900. The third-order valence-corrected chi connectivity index (χ3v) is 2.23. The van der Waals surface area contributed by atoms with Gasteiger partial charge in [0.25, 0.3) is 0 Å². The summed E-state index contributed by atoms with van der Waals surface area (Å²) in [5.41, 5.74) is -0.874. The number of rotatable bonds is 3. The van der Waals surface area contributed by atoms with E-state index in [-0.39, 0.29) is 6.04 Å². The van der Waals surface area contributed by atoms with Crippen molar-refractivity contribution in [2.45, 2.75) is 45.8 Å². The second-order valence-electron chi connectivity index (χ2n) is 3.75. The van der Waals surface area contributed by atoms with Crippen molar-refractivity contribution in [2.24, 2.45) is 0 Å². The lowest BCUT2D eigenvalue weighted by Gasteiger charge is -2.22. The van der Waals surface area contributed by atoms with Crippen LogP contribution in [0.2, 0.25) is 0 Å². The molecule has 1 aromatic rings. The number of aromatic nitrogens is 3. The number of nitrogens with zero attached hydrogens (tertiary/aromatic N) is 3. The summed E-state index contributed by atoms with van der Waals surface area (Å²) >= 11 is 0. The average Bonchev–Trinajstić information content (AvgIpc) is 2.52. The van der Waals surface area contributed by atoms with Crippen molar-refractivity contribution in [2.75, 3.05) is 0 Å². The van der Waals surface area contributed by atoms with E-state index >= 15 is 0 Å². The first-order chi connectivity index (χ1) is 5.99. The minimum atomic E-state index is -0.874. The highest BCUT2D eigenvalue weighted by Crippen LogP contribution is 2.23. The van der Waals surface area contributed by atoms with Crippen molar-refractivity contribution in [3.05, 3.63) is 12.2 Å². The second-order valence-corrected chi connectivity index (χ2v) is 3.75. The lowest BCUT2D eigenvalue weighted by molar-refractivity contribution is 0.0375. The Balaban J connectivity index is 3.07. The molecule has 4 heteroatoms. The first-order valence-electron chi connectivity index (χ1n) is 4.61. The molecule has 0 saturated carbocycles. The molecule has 0 radical (unpaired) electrons. The van der Waals surface area contributed by atoms with E-state index in [1.807, 2.05) is 20.8 Å². The van der Waals surface area contributed by atoms with Gasteiger partial charge in [0.15, 0.2) is 5.82 Å². The Morgan fingerprint density at radius 2 is 2.23 bits per heavy atom. The largest absolute Gasteiger partial charge is 0.382 e. The molecular formula is C9H17N3O. The summed E-state index contributed by atoms with van der Waals surface area (Å²) < 4.78 is 1.75. The Morgan fingerprint density at radius 1 is 1.62 bits per heavy atom. The SMILES string of the molecule is CCC(C)(O)c1ncnn1C(C)C. The number of aliphatic hydroxyl groups is 1. The molecule has 0 aliphatic rings. The van der Waals surface area contributed by atoms with E-state index in [1.165, 1.54) is 6.33 Å². The van der Waals surface area contributed by atoms with Gasteiger partial charge in [0.2, 0.25) is 0 Å². The summed E-state index contributed by atoms with van der Waals surface area (Å²) in [7, 11) is 0. The topological polar surface area (TPSA) is 50.9 Å². The summed E-state index contributed by atoms with van der Waals surface area (Å²) in [6, 6.07) is 0.232. The van der Waals surface area contributed by atoms with Gasteiger partial charge in [-0.3, -0.25) is 0 Å². The minimum absolute atomic E-state index is 0.232. The first-order valence-corrected chi connectivity index (χ1v) is 4.61. The highest BCUT2D eigenvalue weighted by atomic mass is 16.3. The predicted molar refractivity (Wildman–Crippen MR) is 50.3 cm³/mol. The quantitative estimate of drug-likeness (QED) is 0.772. The van der Waals surface area contributed by atoms with Crippen LogP contribution in [0.15, 0.2) is 6.33 Å². The standard InChI is InChI=1S/C9H17N3O/c1-5-9(4,13)8-10-6-11-12(8)7(2)3/h6-7,13H,5H2,1-4H3. The van der Waals surface area contributed by atoms with Crippen LogP contribution in [0.4, 0.5) is 0 Å². The maximum atomic E-state index is 9.99. The van der Waals surface area contributed by atoms with Gasteiger partial charge in [0.05, 0.1) is 0 Å². The highest BCUT2D eigenvalue weighted by Gasteiger charge is 2.27. The molecule has 0 saturated heterocycles. The number of hydrogen-bond acceptors (Lipinski definition) is 3. The van der Waals surface area contributed by atoms with Crippen molar-refractivity contribution < 1.29 is 5.11 Å². The predicted octanol–water partition coefficient (Wildman–Crippen LogP) is 1.48. The van der Waals surface area contributed by atoms with Crippen LogP contribution >= 0.6 is 0 Å². The molecule has 0 amide bonds. The zero-order valence-corrected chi connectivity index (χ0v) is 8.65. The molecule has 0 aliphatic heterocycles. The molecule has 1 unspecified atom stereocenters. The Morgan fingerprint density at radius 3 is 2.69 bits per heavy atom. The molecule has 0 bridgehead atoms. The van der Waals surface area contributed by atoms with Crippen LogP contribution in [-0.4, -0.2) is 19.9 Å². The maximum Gasteiger partial charge on any atom is 0.158 e. The number of hydrogen-bond donors (Lipinski definition) is 1. The van der Waals surface area contributed by atoms with Crippen molar-refractivity contribution in [3.8, 4) is 0 Å². The van der Waals surface area contributed by atoms with Crippen molar-refractivity contribution in [3.63, 3.8) is 0 Å². The van der Waals surface area contributed by atoms with Crippen molar-refractivity contribution in [1.82, 2.24) is 14.8 Å². The molecule has 1 aromatic heterocycles. The van der Waals surface area contributed by atoms with Crippen LogP contribution in [-0.2, 0) is 5.60 Å². The molecule has 4 nitrogen and oxygen atoms in total. The Bertz CT molecular complexity index is 278. The van der Waals surface area contributed by atoms with Crippen molar-refractivity contribution >= 4 is 0 Å². The zero-order chi connectivity index (χ0) is 10.1. The average molecular weight is 183 g/mol. The minimum Gasteiger partial charge on any atom is -0.382 e. The fourth-order valence-electron chi connectivity index (χ4n) is 1.17. The van der Waals surface area contributed by atoms with Crippen LogP contribution < -0.4 is 0 Å². The van der Waals surface area contributed by atoms with E-state index in [4.69, 9.17) is 0 Å². The normalized spacial score (nSPS) is 16.2. The first kappa shape index (κ1) is 10.2. The summed E-state index contributed by atoms with van der Waals surface area (Å²) in [6.07, 6.45) is 2.12. The van der Waals surface area contributed by atoms with Crippen LogP contribution in [0.25, 0.3) is 0 Å². The third-order valence-electron chi connectivity index (χ3n) is 2.23. The lowest BCUT2D eigenvalue weighted by atomic mass is 10.0. The van der Waals surface area contributed by atoms with Gasteiger partial charge >= 0.3 is 0 Å². The van der Waals surface area contributed by atoms with Crippen LogP contribution in [0.3, 0.4) is 0 Å². The van der Waals surface area contributed by atoms with Crippen LogP contribution in [0, 0.1) is 0 Å². The van der Waals surface area contributed by atoms with E-state index in [0.717, 1.165) is 0 Å². The molecule has 1 rings (SSSR count). The van der Waals surface area contributed by atoms with Gasteiger partial charge in [-0.15, -0.1) is 0 Å². The van der Waals surface area contributed by atoms with E-state index in [9.17, 15) is 5.11 Å². The molecule has 0 aliphatic carbocycles. The maximum absolute atomic E-state index is 9.99. The molecule has 1 heterocycles. The summed E-state index contributed by atoms with van der Waals surface area (Å²) in [4.78, 5) is 4.08. The summed E-state index contributed by atoms with van der Waals surface area (Å²) in [6.45, 7) is 7.73. The van der Waals surface area contributed by atoms with Crippen LogP contribution in [0.1, 0.15) is 46.0 Å². The molecule has 0 aromatic carbocycles. The fraction of sp³-hybridized carbons (Fsp3) is 0.778. The highest BCUT2D eigenvalue weighted by molar-refractivity contribution is 4.99. The van der Waals surface area contributed by atoms with E-state index in [2.05, 4.69) is 10.1 Å². The van der Waals surface area contributed by atoms with Crippen molar-refractivity contribution in [1.29, 1.82) is 0 Å². The lowest BCUT2D eigenvalue weighted by Crippen LogP contribution is -2.26. The summed E-state index contributed by atoms with van der Waals surface area (Å²) in [5.74, 6) is 0.644. The smallest absolute Gasteiger partial charge is 0.158 e. The third kappa shape index (κ3) is 1.88. The molecule has 1 atom stereocenters. The molecule has 74 valence electrons. The molecular weight excluding hydrogens is 166 g/mol. The molecule has 13 heavy (non-hydrogen) atoms. The van der Waals surface area contributed by atoms with Gasteiger partial charge < -0.3 is 5.11 Å². The summed E-state index contributed by atoms with van der Waals surface area (Å²) in [5, 5.41) is 14.1. The molecule has 0 spiro atoms. The Labute approximate surface area is 78.6 Å². The van der Waals surface area contributed by atoms with E-state index < -0.39 is 5.60 Å².